The van der Waals surface area contributed by atoms with Gasteiger partial charge in [-0.1, -0.05) is 108 Å². The number of hydrogen-bond acceptors (Lipinski definition) is 4. The zero-order chi connectivity index (χ0) is 54.7. The van der Waals surface area contributed by atoms with Gasteiger partial charge in [0.2, 0.25) is 0 Å². The van der Waals surface area contributed by atoms with Crippen LogP contribution in [0.5, 0.6) is 11.5 Å². The minimum Gasteiger partial charge on any atom is -0.0564 e. The van der Waals surface area contributed by atoms with Crippen molar-refractivity contribution in [2.45, 2.75) is 110 Å². The molecule has 8 aromatic carbocycles. The molecule has 6 nitrogen and oxygen atoms in total. The van der Waals surface area contributed by atoms with E-state index in [0.29, 0.717) is 0 Å². The van der Waals surface area contributed by atoms with E-state index in [2.05, 4.69) is 315 Å². The van der Waals surface area contributed by atoms with E-state index < -0.39 is 5.41 Å². The fraction of sp³-hybridized carbons (Fsp3) is 0.239. The molecular formula is C71H69N5OPt. The number of hydrogen-bond donors (Lipinski definition) is 0. The normalized spacial score (nSPS) is 14.0. The molecule has 2 aromatic heterocycles. The van der Waals surface area contributed by atoms with Gasteiger partial charge in [-0.15, -0.1) is 0 Å². The third kappa shape index (κ3) is 8.50. The monoisotopic (exact) mass is 1200 g/mol. The average Bonchev–Trinajstić information content (AvgIpc) is 2.20. The van der Waals surface area contributed by atoms with Gasteiger partial charge in [-0.25, -0.2) is 0 Å². The molecule has 1 spiro atoms. The van der Waals surface area contributed by atoms with Crippen LogP contribution < -0.4 is 14.5 Å². The van der Waals surface area contributed by atoms with Crippen LogP contribution in [0, 0.1) is 3.80 Å². The Morgan fingerprint density at radius 2 is 0.859 bits per heavy atom. The number of ether oxygens (including phenoxy) is 1. The Morgan fingerprint density at radius 3 is 1.41 bits per heavy atom. The summed E-state index contributed by atoms with van der Waals surface area (Å²) in [6.45, 7) is 27.4. The van der Waals surface area contributed by atoms with Crippen molar-refractivity contribution in [1.29, 1.82) is 0 Å². The molecule has 0 fully saturated rings. The Bertz CT molecular complexity index is 3960. The molecule has 394 valence electrons. The van der Waals surface area contributed by atoms with Gasteiger partial charge in [0, 0.05) is 11.9 Å². The Labute approximate surface area is 472 Å². The molecule has 2 aliphatic rings. The molecule has 4 heterocycles. The standard InChI is InChI=1S/C71H69N5O.Pt/c1-67(2,3)47-32-34-51(35-33-47)75-60-27-16-13-24-56(60)71(57-25-14-17-28-61(57)75)58-26-15-18-29-62(58)76(66-43-48(38-39-72-66)68(4,5)6)65-45-55(36-37-59(65)71)77-54-23-21-22-52(44-54)73-46-74(64-31-20-19-30-63(64)73)53-41-49(69(7,8)9)40-50(42-53)70(10,11)12;/h13-45H,1-12H3;. The van der Waals surface area contributed by atoms with Crippen LogP contribution in [-0.2, 0) is 46.4 Å². The number of nitrogens with zero attached hydrogens (tertiary/aromatic N) is 5. The maximum absolute atomic E-state index is 7.15. The number of anilines is 6. The summed E-state index contributed by atoms with van der Waals surface area (Å²) in [6, 6.07) is 71.6. The summed E-state index contributed by atoms with van der Waals surface area (Å²) >= 11 is 2.52. The van der Waals surface area contributed by atoms with Crippen molar-refractivity contribution in [2.75, 3.05) is 9.80 Å². The molecule has 10 aromatic rings. The number of para-hydroxylation sites is 5. The van der Waals surface area contributed by atoms with Crippen LogP contribution >= 0.6 is 0 Å². The van der Waals surface area contributed by atoms with Crippen molar-refractivity contribution in [3.8, 4) is 22.9 Å². The van der Waals surface area contributed by atoms with Crippen LogP contribution in [0.25, 0.3) is 22.4 Å². The zero-order valence-corrected chi connectivity index (χ0v) is 49.3. The number of aromatic nitrogens is 3. The number of pyridine rings is 1. The third-order valence-corrected chi connectivity index (χ3v) is 17.0. The van der Waals surface area contributed by atoms with Crippen molar-refractivity contribution in [1.82, 2.24) is 14.1 Å². The van der Waals surface area contributed by atoms with Crippen LogP contribution in [0.4, 0.5) is 34.3 Å². The van der Waals surface area contributed by atoms with E-state index >= 15 is 0 Å². The molecule has 0 saturated carbocycles. The number of rotatable bonds is 6. The molecular weight excluding hydrogens is 1130 g/mol. The van der Waals surface area contributed by atoms with Crippen molar-refractivity contribution in [3.63, 3.8) is 0 Å². The van der Waals surface area contributed by atoms with Gasteiger partial charge < -0.3 is 4.90 Å². The first-order valence-corrected chi connectivity index (χ1v) is 28.5. The van der Waals surface area contributed by atoms with Crippen molar-refractivity contribution >= 4 is 45.3 Å². The number of benzene rings is 8. The van der Waals surface area contributed by atoms with Gasteiger partial charge in [0.25, 0.3) is 0 Å². The number of fused-ring (bicyclic) bond motifs is 9. The van der Waals surface area contributed by atoms with E-state index in [4.69, 9.17) is 9.72 Å². The van der Waals surface area contributed by atoms with Crippen molar-refractivity contribution in [2.24, 2.45) is 0 Å². The minimum atomic E-state index is -0.723. The summed E-state index contributed by atoms with van der Waals surface area (Å²) in [5.74, 6) is 2.32. The van der Waals surface area contributed by atoms with Crippen LogP contribution in [0.2, 0.25) is 0 Å². The summed E-state index contributed by atoms with van der Waals surface area (Å²) in [5.41, 5.74) is 19.0. The molecule has 0 aliphatic carbocycles. The minimum absolute atomic E-state index is 0.0250. The Kier molecular flexibility index (Phi) is 12.2. The Balaban J connectivity index is 1.04. The molecule has 0 bridgehead atoms. The van der Waals surface area contributed by atoms with Crippen molar-refractivity contribution in [3.05, 3.63) is 249 Å². The first kappa shape index (κ1) is 51.2. The molecule has 0 N–H and O–H groups in total. The molecule has 12 rings (SSSR count). The van der Waals surface area contributed by atoms with Gasteiger partial charge in [-0.2, -0.15) is 0 Å². The molecule has 7 heteroatoms. The van der Waals surface area contributed by atoms with Gasteiger partial charge in [0.15, 0.2) is 0 Å². The third-order valence-electron chi connectivity index (χ3n) is 16.0. The first-order valence-electron chi connectivity index (χ1n) is 27.4. The summed E-state index contributed by atoms with van der Waals surface area (Å²) in [7, 11) is 0. The molecule has 0 radical (unpaired) electrons. The van der Waals surface area contributed by atoms with E-state index in [1.807, 2.05) is 6.20 Å². The zero-order valence-electron chi connectivity index (χ0n) is 47.0. The molecule has 0 amide bonds. The van der Waals surface area contributed by atoms with Gasteiger partial charge in [-0.3, -0.25) is 0 Å². The largest absolute Gasteiger partial charge is 0.0564 e. The molecule has 0 atom stereocenters. The van der Waals surface area contributed by atoms with Gasteiger partial charge in [-0.05, 0) is 52.3 Å². The SMILES string of the molecule is CC(C)(C)c1ccc(N2c3ccccc3C3(c4ccccc42)c2ccccc2N(c2cc(C(C)(C)C)ccn2)c2cc(Oc4cccc(-n5[c](=[Pt])n(-c6cc(C(C)(C)C)cc(C(C)(C)C)c6)c6ccccc65)c4)ccc23)cc1. The van der Waals surface area contributed by atoms with E-state index in [1.54, 1.807) is 0 Å². The van der Waals surface area contributed by atoms with E-state index in [9.17, 15) is 0 Å². The summed E-state index contributed by atoms with van der Waals surface area (Å²) in [6.07, 6.45) is 1.96. The smallest absolute Gasteiger partial charge is 0.0377 e. The van der Waals surface area contributed by atoms with E-state index in [1.165, 1.54) is 38.9 Å². The van der Waals surface area contributed by atoms with Crippen LogP contribution in [0.15, 0.2) is 200 Å². The van der Waals surface area contributed by atoms with Crippen LogP contribution in [0.3, 0.4) is 0 Å². The van der Waals surface area contributed by atoms with Crippen LogP contribution in [0.1, 0.15) is 128 Å². The summed E-state index contributed by atoms with van der Waals surface area (Å²) in [5, 5.41) is 0. The maximum atomic E-state index is 7.15. The van der Waals surface area contributed by atoms with Gasteiger partial charge in [0.05, 0.1) is 11.4 Å². The Morgan fingerprint density at radius 1 is 0.372 bits per heavy atom. The van der Waals surface area contributed by atoms with Gasteiger partial charge >= 0.3 is 286 Å². The second-order valence-corrected chi connectivity index (χ2v) is 26.4. The first-order chi connectivity index (χ1) is 37.1. The fourth-order valence-electron chi connectivity index (χ4n) is 11.8. The predicted molar refractivity (Wildman–Crippen MR) is 320 cm³/mol. The molecule has 78 heavy (non-hydrogen) atoms. The van der Waals surface area contributed by atoms with Crippen molar-refractivity contribution < 1.29 is 24.1 Å². The van der Waals surface area contributed by atoms with Crippen LogP contribution in [-0.4, -0.2) is 14.1 Å². The Hall–Kier alpha value is -7.53. The van der Waals surface area contributed by atoms with E-state index in [0.717, 1.165) is 77.5 Å². The quantitative estimate of drug-likeness (QED) is 0.166. The average molecular weight is 1200 g/mol. The fourth-order valence-corrected chi connectivity index (χ4v) is 13.0. The summed E-state index contributed by atoms with van der Waals surface area (Å²) in [4.78, 5) is 10.0. The number of imidazole rings is 1. The van der Waals surface area contributed by atoms with Gasteiger partial charge in [0.1, 0.15) is 0 Å². The predicted octanol–water partition coefficient (Wildman–Crippen LogP) is 18.8. The maximum Gasteiger partial charge on any atom is -0.0377 e. The second-order valence-electron chi connectivity index (χ2n) is 25.4. The molecule has 0 saturated heterocycles. The summed E-state index contributed by atoms with van der Waals surface area (Å²) < 4.78 is 13.0. The molecule has 0 unspecified atom stereocenters. The second kappa shape index (κ2) is 18.6. The molecule has 2 aliphatic heterocycles. The van der Waals surface area contributed by atoms with E-state index in [-0.39, 0.29) is 21.7 Å². The topological polar surface area (TPSA) is 38.5 Å².